The lowest BCUT2D eigenvalue weighted by Crippen LogP contribution is -2.24. The predicted molar refractivity (Wildman–Crippen MR) is 82.9 cm³/mol. The molecular weight excluding hydrogens is 262 g/mol. The first-order valence-corrected chi connectivity index (χ1v) is 7.63. The van der Waals surface area contributed by atoms with Gasteiger partial charge in [0, 0.05) is 13.0 Å². The molecular formula is C18H19NO2. The van der Waals surface area contributed by atoms with Crippen molar-refractivity contribution in [3.05, 3.63) is 47.5 Å². The fourth-order valence-electron chi connectivity index (χ4n) is 3.12. The summed E-state index contributed by atoms with van der Waals surface area (Å²) < 4.78 is 11.5. The van der Waals surface area contributed by atoms with Crippen molar-refractivity contribution in [2.45, 2.75) is 19.4 Å². The van der Waals surface area contributed by atoms with Gasteiger partial charge in [0.05, 0.1) is 13.2 Å². The Kier molecular flexibility index (Phi) is 3.28. The van der Waals surface area contributed by atoms with E-state index in [-0.39, 0.29) is 0 Å². The summed E-state index contributed by atoms with van der Waals surface area (Å²) in [4.78, 5) is 0. The quantitative estimate of drug-likeness (QED) is 0.871. The van der Waals surface area contributed by atoms with Crippen molar-refractivity contribution in [1.82, 2.24) is 5.32 Å². The predicted octanol–water partition coefficient (Wildman–Crippen LogP) is 3.16. The number of hydrogen-bond acceptors (Lipinski definition) is 3. The van der Waals surface area contributed by atoms with Gasteiger partial charge >= 0.3 is 0 Å². The maximum atomic E-state index is 5.81. The van der Waals surface area contributed by atoms with Crippen molar-refractivity contribution in [2.24, 2.45) is 0 Å². The van der Waals surface area contributed by atoms with E-state index in [0.717, 1.165) is 50.6 Å². The van der Waals surface area contributed by atoms with Gasteiger partial charge in [0.25, 0.3) is 0 Å². The van der Waals surface area contributed by atoms with Crippen LogP contribution in [0.2, 0.25) is 0 Å². The van der Waals surface area contributed by atoms with Crippen LogP contribution in [-0.2, 0) is 13.0 Å². The molecule has 0 aliphatic carbocycles. The Morgan fingerprint density at radius 1 is 0.952 bits per heavy atom. The fourth-order valence-corrected chi connectivity index (χ4v) is 3.12. The SMILES string of the molecule is c1cc2c(c(-c3ccc4c(c3)OCCCO4)c1)CNCC2. The van der Waals surface area contributed by atoms with Gasteiger partial charge in [-0.05, 0) is 47.4 Å². The first-order chi connectivity index (χ1) is 10.4. The Morgan fingerprint density at radius 2 is 1.86 bits per heavy atom. The highest BCUT2D eigenvalue weighted by molar-refractivity contribution is 5.71. The van der Waals surface area contributed by atoms with Gasteiger partial charge in [0.1, 0.15) is 0 Å². The van der Waals surface area contributed by atoms with Crippen molar-refractivity contribution in [3.63, 3.8) is 0 Å². The molecule has 0 saturated heterocycles. The molecule has 0 radical (unpaired) electrons. The summed E-state index contributed by atoms with van der Waals surface area (Å²) in [6.07, 6.45) is 2.04. The number of nitrogens with one attached hydrogen (secondary N) is 1. The van der Waals surface area contributed by atoms with Gasteiger partial charge in [0.15, 0.2) is 11.5 Å². The average Bonchev–Trinajstić information content (AvgIpc) is 2.79. The number of rotatable bonds is 1. The van der Waals surface area contributed by atoms with Crippen molar-refractivity contribution >= 4 is 0 Å². The maximum absolute atomic E-state index is 5.81. The third kappa shape index (κ3) is 2.38. The van der Waals surface area contributed by atoms with E-state index in [1.165, 1.54) is 22.3 Å². The molecule has 0 saturated carbocycles. The molecule has 21 heavy (non-hydrogen) atoms. The number of fused-ring (bicyclic) bond motifs is 2. The molecule has 2 aliphatic heterocycles. The molecule has 3 nitrogen and oxygen atoms in total. The molecule has 108 valence electrons. The molecule has 0 spiro atoms. The fraction of sp³-hybridized carbons (Fsp3) is 0.333. The van der Waals surface area contributed by atoms with Crippen LogP contribution >= 0.6 is 0 Å². The standard InChI is InChI=1S/C18H19NO2/c1-3-13-7-8-19-12-16(13)15(4-1)14-5-6-17-18(11-14)21-10-2-9-20-17/h1,3-6,11,19H,2,7-10,12H2. The lowest BCUT2D eigenvalue weighted by molar-refractivity contribution is 0.297. The summed E-state index contributed by atoms with van der Waals surface area (Å²) in [6.45, 7) is 3.47. The number of ether oxygens (including phenoxy) is 2. The van der Waals surface area contributed by atoms with Gasteiger partial charge < -0.3 is 14.8 Å². The monoisotopic (exact) mass is 281 g/mol. The molecule has 1 N–H and O–H groups in total. The second-order valence-electron chi connectivity index (χ2n) is 5.58. The van der Waals surface area contributed by atoms with E-state index >= 15 is 0 Å². The summed E-state index contributed by atoms with van der Waals surface area (Å²) in [5.41, 5.74) is 5.38. The molecule has 3 heteroatoms. The second-order valence-corrected chi connectivity index (χ2v) is 5.58. The van der Waals surface area contributed by atoms with Crippen LogP contribution in [0.3, 0.4) is 0 Å². The van der Waals surface area contributed by atoms with E-state index in [4.69, 9.17) is 9.47 Å². The van der Waals surface area contributed by atoms with E-state index < -0.39 is 0 Å². The highest BCUT2D eigenvalue weighted by Gasteiger charge is 2.16. The van der Waals surface area contributed by atoms with Crippen LogP contribution in [0, 0.1) is 0 Å². The molecule has 2 aromatic rings. The topological polar surface area (TPSA) is 30.5 Å². The van der Waals surface area contributed by atoms with Crippen molar-refractivity contribution in [2.75, 3.05) is 19.8 Å². The summed E-state index contributed by atoms with van der Waals surface area (Å²) >= 11 is 0. The zero-order chi connectivity index (χ0) is 14.1. The summed E-state index contributed by atoms with van der Waals surface area (Å²) in [6, 6.07) is 12.9. The lowest BCUT2D eigenvalue weighted by Gasteiger charge is -2.21. The molecule has 4 rings (SSSR count). The van der Waals surface area contributed by atoms with Crippen molar-refractivity contribution < 1.29 is 9.47 Å². The van der Waals surface area contributed by atoms with Gasteiger partial charge in [0.2, 0.25) is 0 Å². The smallest absolute Gasteiger partial charge is 0.161 e. The zero-order valence-corrected chi connectivity index (χ0v) is 12.0. The molecule has 0 unspecified atom stereocenters. The first-order valence-electron chi connectivity index (χ1n) is 7.63. The molecule has 2 heterocycles. The largest absolute Gasteiger partial charge is 0.490 e. The van der Waals surface area contributed by atoms with Crippen molar-refractivity contribution in [1.29, 1.82) is 0 Å². The van der Waals surface area contributed by atoms with Gasteiger partial charge in [-0.3, -0.25) is 0 Å². The van der Waals surface area contributed by atoms with Crippen LogP contribution in [-0.4, -0.2) is 19.8 Å². The minimum absolute atomic E-state index is 0.727. The van der Waals surface area contributed by atoms with Crippen LogP contribution in [0.4, 0.5) is 0 Å². The van der Waals surface area contributed by atoms with Gasteiger partial charge in [-0.2, -0.15) is 0 Å². The van der Waals surface area contributed by atoms with E-state index in [0.29, 0.717) is 0 Å². The molecule has 0 bridgehead atoms. The third-order valence-corrected chi connectivity index (χ3v) is 4.20. The van der Waals surface area contributed by atoms with E-state index in [2.05, 4.69) is 35.6 Å². The Labute approximate surface area is 124 Å². The Bertz CT molecular complexity index is 666. The molecule has 0 fully saturated rings. The van der Waals surface area contributed by atoms with Crippen LogP contribution in [0.1, 0.15) is 17.5 Å². The average molecular weight is 281 g/mol. The van der Waals surface area contributed by atoms with Crippen molar-refractivity contribution in [3.8, 4) is 22.6 Å². The Morgan fingerprint density at radius 3 is 2.81 bits per heavy atom. The highest BCUT2D eigenvalue weighted by atomic mass is 16.5. The minimum Gasteiger partial charge on any atom is -0.490 e. The highest BCUT2D eigenvalue weighted by Crippen LogP contribution is 2.36. The maximum Gasteiger partial charge on any atom is 0.161 e. The molecule has 0 aromatic heterocycles. The van der Waals surface area contributed by atoms with Gasteiger partial charge in [-0.1, -0.05) is 24.3 Å². The normalized spacial score (nSPS) is 17.0. The summed E-state index contributed by atoms with van der Waals surface area (Å²) in [7, 11) is 0. The zero-order valence-electron chi connectivity index (χ0n) is 12.0. The first kappa shape index (κ1) is 12.7. The van der Waals surface area contributed by atoms with E-state index in [9.17, 15) is 0 Å². The second kappa shape index (κ2) is 5.41. The molecule has 2 aliphatic rings. The lowest BCUT2D eigenvalue weighted by atomic mass is 9.92. The summed E-state index contributed by atoms with van der Waals surface area (Å²) in [5, 5.41) is 3.47. The van der Waals surface area contributed by atoms with Crippen LogP contribution in [0.25, 0.3) is 11.1 Å². The van der Waals surface area contributed by atoms with E-state index in [1.807, 2.05) is 6.07 Å². The third-order valence-electron chi connectivity index (χ3n) is 4.20. The molecule has 2 aromatic carbocycles. The van der Waals surface area contributed by atoms with Gasteiger partial charge in [-0.15, -0.1) is 0 Å². The molecule has 0 amide bonds. The number of benzene rings is 2. The summed E-state index contributed by atoms with van der Waals surface area (Å²) in [5.74, 6) is 1.73. The van der Waals surface area contributed by atoms with Crippen LogP contribution < -0.4 is 14.8 Å². The number of hydrogen-bond donors (Lipinski definition) is 1. The Balaban J connectivity index is 1.79. The van der Waals surface area contributed by atoms with E-state index in [1.54, 1.807) is 0 Å². The minimum atomic E-state index is 0.727. The molecule has 0 atom stereocenters. The van der Waals surface area contributed by atoms with Crippen LogP contribution in [0.15, 0.2) is 36.4 Å². The Hall–Kier alpha value is -2.00. The van der Waals surface area contributed by atoms with Gasteiger partial charge in [-0.25, -0.2) is 0 Å². The van der Waals surface area contributed by atoms with Crippen LogP contribution in [0.5, 0.6) is 11.5 Å².